The van der Waals surface area contributed by atoms with Gasteiger partial charge in [-0.15, -0.1) is 0 Å². The lowest BCUT2D eigenvalue weighted by atomic mass is 10.00. The Bertz CT molecular complexity index is 895. The van der Waals surface area contributed by atoms with E-state index in [2.05, 4.69) is 11.4 Å². The third kappa shape index (κ3) is 5.10. The number of benzene rings is 2. The average Bonchev–Trinajstić information content (AvgIpc) is 2.58. The molecule has 6 heteroatoms. The Balaban J connectivity index is 2.30. The van der Waals surface area contributed by atoms with E-state index in [9.17, 15) is 13.2 Å². The summed E-state index contributed by atoms with van der Waals surface area (Å²) in [4.78, 5) is 13.0. The van der Waals surface area contributed by atoms with E-state index in [1.165, 1.54) is 4.31 Å². The van der Waals surface area contributed by atoms with Crippen molar-refractivity contribution in [1.82, 2.24) is 5.32 Å². The molecule has 1 amide bonds. The number of amides is 1. The van der Waals surface area contributed by atoms with Crippen LogP contribution in [0.25, 0.3) is 0 Å². The maximum Gasteiger partial charge on any atom is 0.244 e. The maximum atomic E-state index is 13.0. The highest BCUT2D eigenvalue weighted by Crippen LogP contribution is 2.24. The second-order valence-electron chi connectivity index (χ2n) is 6.91. The smallest absolute Gasteiger partial charge is 0.244 e. The number of aryl methyl sites for hydroxylation is 2. The molecule has 5 nitrogen and oxygen atoms in total. The second kappa shape index (κ2) is 8.57. The van der Waals surface area contributed by atoms with E-state index in [0.717, 1.165) is 22.9 Å². The van der Waals surface area contributed by atoms with Gasteiger partial charge in [-0.1, -0.05) is 48.9 Å². The molecule has 2 aromatic carbocycles. The van der Waals surface area contributed by atoms with Crippen molar-refractivity contribution in [3.05, 3.63) is 65.2 Å². The van der Waals surface area contributed by atoms with Crippen LogP contribution in [-0.4, -0.2) is 26.6 Å². The van der Waals surface area contributed by atoms with Crippen LogP contribution < -0.4 is 9.62 Å². The zero-order valence-corrected chi connectivity index (χ0v) is 17.4. The van der Waals surface area contributed by atoms with Crippen LogP contribution in [0.4, 0.5) is 5.69 Å². The van der Waals surface area contributed by atoms with Crippen LogP contribution >= 0.6 is 0 Å². The van der Waals surface area contributed by atoms with Crippen LogP contribution in [0.3, 0.4) is 0 Å². The van der Waals surface area contributed by atoms with Crippen molar-refractivity contribution in [1.29, 1.82) is 0 Å². The quantitative estimate of drug-likeness (QED) is 0.786. The SMILES string of the molecule is CC[C@@H](C(=O)N[C@H](C)c1ccc(C)cc1C)N(c1ccccc1)S(C)(=O)=O. The summed E-state index contributed by atoms with van der Waals surface area (Å²) in [7, 11) is -3.62. The molecule has 0 heterocycles. The van der Waals surface area contributed by atoms with Crippen molar-refractivity contribution < 1.29 is 13.2 Å². The highest BCUT2D eigenvalue weighted by molar-refractivity contribution is 7.92. The molecule has 0 unspecified atom stereocenters. The normalized spacial score (nSPS) is 13.7. The Hall–Kier alpha value is -2.34. The number of sulfonamides is 1. The lowest BCUT2D eigenvalue weighted by Gasteiger charge is -2.31. The maximum absolute atomic E-state index is 13.0. The monoisotopic (exact) mass is 388 g/mol. The molecule has 27 heavy (non-hydrogen) atoms. The number of anilines is 1. The van der Waals surface area contributed by atoms with Gasteiger partial charge in [0.25, 0.3) is 0 Å². The van der Waals surface area contributed by atoms with E-state index in [4.69, 9.17) is 0 Å². The minimum atomic E-state index is -3.62. The fourth-order valence-electron chi connectivity index (χ4n) is 3.33. The van der Waals surface area contributed by atoms with Crippen molar-refractivity contribution in [2.75, 3.05) is 10.6 Å². The van der Waals surface area contributed by atoms with E-state index < -0.39 is 16.1 Å². The first-order valence-corrected chi connectivity index (χ1v) is 10.9. The highest BCUT2D eigenvalue weighted by atomic mass is 32.2. The first-order chi connectivity index (χ1) is 12.6. The average molecular weight is 389 g/mol. The molecule has 0 saturated carbocycles. The molecule has 0 spiro atoms. The summed E-state index contributed by atoms with van der Waals surface area (Å²) in [5, 5.41) is 2.98. The van der Waals surface area contributed by atoms with Crippen molar-refractivity contribution in [2.45, 2.75) is 46.2 Å². The molecule has 0 fully saturated rings. The van der Waals surface area contributed by atoms with Crippen LogP contribution in [0, 0.1) is 13.8 Å². The molecule has 2 rings (SSSR count). The zero-order valence-electron chi connectivity index (χ0n) is 16.6. The molecule has 0 bridgehead atoms. The lowest BCUT2D eigenvalue weighted by molar-refractivity contribution is -0.122. The number of hydrogen-bond acceptors (Lipinski definition) is 3. The van der Waals surface area contributed by atoms with Gasteiger partial charge < -0.3 is 5.32 Å². The molecule has 0 radical (unpaired) electrons. The van der Waals surface area contributed by atoms with Gasteiger partial charge >= 0.3 is 0 Å². The van der Waals surface area contributed by atoms with E-state index >= 15 is 0 Å². The summed E-state index contributed by atoms with van der Waals surface area (Å²) >= 11 is 0. The molecular formula is C21H28N2O3S. The van der Waals surface area contributed by atoms with E-state index in [1.54, 1.807) is 24.3 Å². The largest absolute Gasteiger partial charge is 0.348 e. The molecule has 2 aromatic rings. The number of carbonyl (C=O) groups excluding carboxylic acids is 1. The van der Waals surface area contributed by atoms with Crippen molar-refractivity contribution in [3.8, 4) is 0 Å². The Labute approximate surface area is 162 Å². The Kier molecular flexibility index (Phi) is 6.65. The second-order valence-corrected chi connectivity index (χ2v) is 8.77. The molecule has 0 aliphatic rings. The van der Waals surface area contributed by atoms with Gasteiger partial charge in [0.05, 0.1) is 18.0 Å². The molecule has 2 atom stereocenters. The van der Waals surface area contributed by atoms with Crippen LogP contribution in [0.15, 0.2) is 48.5 Å². The number of nitrogens with zero attached hydrogens (tertiary/aromatic N) is 1. The number of carbonyl (C=O) groups is 1. The zero-order chi connectivity index (χ0) is 20.2. The molecule has 0 aromatic heterocycles. The first kappa shape index (κ1) is 21.0. The van der Waals surface area contributed by atoms with Gasteiger partial charge in [-0.05, 0) is 50.5 Å². The van der Waals surface area contributed by atoms with Crippen molar-refractivity contribution in [3.63, 3.8) is 0 Å². The van der Waals surface area contributed by atoms with Gasteiger partial charge in [-0.2, -0.15) is 0 Å². The predicted octanol–water partition coefficient (Wildman–Crippen LogP) is 3.73. The highest BCUT2D eigenvalue weighted by Gasteiger charge is 2.32. The van der Waals surface area contributed by atoms with Gasteiger partial charge in [-0.25, -0.2) is 8.42 Å². The summed E-state index contributed by atoms with van der Waals surface area (Å²) in [6.07, 6.45) is 1.50. The van der Waals surface area contributed by atoms with Gasteiger partial charge in [0, 0.05) is 0 Å². The van der Waals surface area contributed by atoms with Crippen LogP contribution in [-0.2, 0) is 14.8 Å². The predicted molar refractivity (Wildman–Crippen MR) is 110 cm³/mol. The van der Waals surface area contributed by atoms with Crippen molar-refractivity contribution >= 4 is 21.6 Å². The molecule has 146 valence electrons. The Morgan fingerprint density at radius 3 is 2.26 bits per heavy atom. The number of nitrogens with one attached hydrogen (secondary N) is 1. The third-order valence-corrected chi connectivity index (χ3v) is 5.77. The minimum Gasteiger partial charge on any atom is -0.348 e. The molecular weight excluding hydrogens is 360 g/mol. The molecule has 0 aliphatic carbocycles. The number of para-hydroxylation sites is 1. The van der Waals surface area contributed by atoms with E-state index in [-0.39, 0.29) is 11.9 Å². The summed E-state index contributed by atoms with van der Waals surface area (Å²) in [6, 6.07) is 13.8. The summed E-state index contributed by atoms with van der Waals surface area (Å²) in [6.45, 7) is 7.76. The van der Waals surface area contributed by atoms with Gasteiger partial charge in [0.2, 0.25) is 15.9 Å². The van der Waals surface area contributed by atoms with Crippen LogP contribution in [0.1, 0.15) is 43.0 Å². The van der Waals surface area contributed by atoms with Crippen LogP contribution in [0.5, 0.6) is 0 Å². The molecule has 0 saturated heterocycles. The first-order valence-electron chi connectivity index (χ1n) is 9.07. The number of hydrogen-bond donors (Lipinski definition) is 1. The van der Waals surface area contributed by atoms with E-state index in [1.807, 2.05) is 45.9 Å². The summed E-state index contributed by atoms with van der Waals surface area (Å²) < 4.78 is 26.1. The summed E-state index contributed by atoms with van der Waals surface area (Å²) in [5.41, 5.74) is 3.77. The fourth-order valence-corrected chi connectivity index (χ4v) is 4.55. The topological polar surface area (TPSA) is 66.5 Å². The van der Waals surface area contributed by atoms with Gasteiger partial charge in [0.1, 0.15) is 6.04 Å². The van der Waals surface area contributed by atoms with Gasteiger partial charge in [0.15, 0.2) is 0 Å². The molecule has 0 aliphatic heterocycles. The van der Waals surface area contributed by atoms with Gasteiger partial charge in [-0.3, -0.25) is 9.10 Å². The summed E-state index contributed by atoms with van der Waals surface area (Å²) in [5.74, 6) is -0.306. The molecule has 1 N–H and O–H groups in total. The van der Waals surface area contributed by atoms with Crippen molar-refractivity contribution in [2.24, 2.45) is 0 Å². The van der Waals surface area contributed by atoms with Crippen LogP contribution in [0.2, 0.25) is 0 Å². The lowest BCUT2D eigenvalue weighted by Crippen LogP contribution is -2.49. The number of rotatable bonds is 7. The minimum absolute atomic E-state index is 0.218. The third-order valence-electron chi connectivity index (χ3n) is 4.59. The standard InChI is InChI=1S/C21H28N2O3S/c1-6-20(23(27(5,25)26)18-10-8-7-9-11-18)21(24)22-17(4)19-13-12-15(2)14-16(19)3/h7-14,17,20H,6H2,1-5H3,(H,22,24)/t17-,20+/m1/s1. The van der Waals surface area contributed by atoms with E-state index in [0.29, 0.717) is 12.1 Å². The Morgan fingerprint density at radius 1 is 1.11 bits per heavy atom. The Morgan fingerprint density at radius 2 is 1.74 bits per heavy atom. The fraction of sp³-hybridized carbons (Fsp3) is 0.381.